The minimum atomic E-state index is 0.0920. The highest BCUT2D eigenvalue weighted by molar-refractivity contribution is 6.34. The van der Waals surface area contributed by atoms with E-state index in [0.29, 0.717) is 17.6 Å². The number of nitrogens with zero attached hydrogens (tertiary/aromatic N) is 4. The van der Waals surface area contributed by atoms with Crippen molar-refractivity contribution in [3.05, 3.63) is 41.4 Å². The Bertz CT molecular complexity index is 779. The molecule has 3 heterocycles. The fourth-order valence-corrected chi connectivity index (χ4v) is 2.68. The summed E-state index contributed by atoms with van der Waals surface area (Å²) in [5.41, 5.74) is 0.747. The Labute approximate surface area is 133 Å². The average Bonchev–Trinajstić information content (AvgIpc) is 3.06. The van der Waals surface area contributed by atoms with Gasteiger partial charge in [-0.1, -0.05) is 25.4 Å². The summed E-state index contributed by atoms with van der Waals surface area (Å²) in [5, 5.41) is 12.9. The van der Waals surface area contributed by atoms with Crippen molar-refractivity contribution in [2.45, 2.75) is 26.4 Å². The van der Waals surface area contributed by atoms with Gasteiger partial charge in [-0.15, -0.1) is 10.2 Å². The molecule has 3 aromatic heterocycles. The maximum Gasteiger partial charge on any atom is 0.149 e. The Balaban J connectivity index is 1.79. The minimum Gasteiger partial charge on any atom is -0.460 e. The molecule has 7 heteroatoms. The molecule has 1 N–H and O–H groups in total. The number of fused-ring (bicyclic) bond motifs is 1. The van der Waals surface area contributed by atoms with Gasteiger partial charge in [-0.2, -0.15) is 0 Å². The molecule has 0 fully saturated rings. The van der Waals surface area contributed by atoms with Gasteiger partial charge in [-0.25, -0.2) is 4.98 Å². The molecule has 0 spiro atoms. The number of furan rings is 1. The van der Waals surface area contributed by atoms with Gasteiger partial charge in [0.1, 0.15) is 28.6 Å². The van der Waals surface area contributed by atoms with E-state index in [1.807, 2.05) is 23.7 Å². The zero-order valence-corrected chi connectivity index (χ0v) is 13.5. The molecule has 116 valence electrons. The lowest BCUT2D eigenvalue weighted by molar-refractivity contribution is 0.367. The van der Waals surface area contributed by atoms with Crippen LogP contribution in [0.25, 0.3) is 11.0 Å². The third-order valence-corrected chi connectivity index (χ3v) is 3.94. The fraction of sp³-hybridized carbons (Fsp3) is 0.400. The number of rotatable bonds is 5. The van der Waals surface area contributed by atoms with Crippen molar-refractivity contribution in [3.63, 3.8) is 0 Å². The molecular weight excluding hydrogens is 302 g/mol. The molecule has 3 rings (SSSR count). The quantitative estimate of drug-likeness (QED) is 0.732. The Morgan fingerprint density at radius 2 is 2.23 bits per heavy atom. The predicted molar refractivity (Wildman–Crippen MR) is 84.4 cm³/mol. The van der Waals surface area contributed by atoms with Gasteiger partial charge >= 0.3 is 0 Å². The van der Waals surface area contributed by atoms with E-state index in [9.17, 15) is 0 Å². The first-order valence-electron chi connectivity index (χ1n) is 7.16. The monoisotopic (exact) mass is 319 g/mol. The minimum absolute atomic E-state index is 0.0920. The van der Waals surface area contributed by atoms with Crippen LogP contribution in [-0.4, -0.2) is 19.7 Å². The second kappa shape index (κ2) is 6.06. The van der Waals surface area contributed by atoms with Gasteiger partial charge in [-0.3, -0.25) is 0 Å². The van der Waals surface area contributed by atoms with E-state index < -0.39 is 0 Å². The topological polar surface area (TPSA) is 68.8 Å². The number of nitrogens with one attached hydrogen (secondary N) is 1. The molecule has 0 aliphatic carbocycles. The lowest BCUT2D eigenvalue weighted by atomic mass is 10.0. The van der Waals surface area contributed by atoms with Crippen molar-refractivity contribution in [1.29, 1.82) is 0 Å². The molecule has 0 saturated carbocycles. The highest BCUT2D eigenvalue weighted by Crippen LogP contribution is 2.26. The van der Waals surface area contributed by atoms with Gasteiger partial charge in [0.05, 0.1) is 18.0 Å². The standard InChI is InChI=1S/C15H18ClN5O/c1-9(2)13(15-20-19-8-21(15)3)18-7-10-6-11-12(22-10)4-5-17-14(11)16/h4-6,8-9,13,18H,7H2,1-3H3/t13-/m1/s1. The Morgan fingerprint density at radius 1 is 1.41 bits per heavy atom. The second-order valence-corrected chi connectivity index (χ2v) is 5.99. The van der Waals surface area contributed by atoms with Gasteiger partial charge < -0.3 is 14.3 Å². The molecule has 0 aliphatic rings. The maximum atomic E-state index is 6.07. The Morgan fingerprint density at radius 3 is 2.86 bits per heavy atom. The SMILES string of the molecule is CC(C)[C@@H](NCc1cc2c(Cl)nccc2o1)c1nncn1C. The van der Waals surface area contributed by atoms with Crippen LogP contribution in [0.15, 0.2) is 29.1 Å². The zero-order valence-electron chi connectivity index (χ0n) is 12.7. The summed E-state index contributed by atoms with van der Waals surface area (Å²) in [6.07, 6.45) is 3.35. The smallest absolute Gasteiger partial charge is 0.149 e. The van der Waals surface area contributed by atoms with E-state index in [1.165, 1.54) is 0 Å². The Kier molecular flexibility index (Phi) is 4.13. The third kappa shape index (κ3) is 2.84. The molecule has 0 bridgehead atoms. The van der Waals surface area contributed by atoms with Crippen molar-refractivity contribution < 1.29 is 4.42 Å². The first-order chi connectivity index (χ1) is 10.6. The fourth-order valence-electron chi connectivity index (χ4n) is 2.48. The largest absolute Gasteiger partial charge is 0.460 e. The van der Waals surface area contributed by atoms with E-state index in [0.717, 1.165) is 22.6 Å². The molecule has 3 aromatic rings. The maximum absolute atomic E-state index is 6.07. The first kappa shape index (κ1) is 15.0. The van der Waals surface area contributed by atoms with Crippen LogP contribution in [0.1, 0.15) is 31.5 Å². The van der Waals surface area contributed by atoms with E-state index in [4.69, 9.17) is 16.0 Å². The lowest BCUT2D eigenvalue weighted by Gasteiger charge is -2.20. The van der Waals surface area contributed by atoms with E-state index in [1.54, 1.807) is 12.5 Å². The van der Waals surface area contributed by atoms with Crippen LogP contribution in [0.3, 0.4) is 0 Å². The van der Waals surface area contributed by atoms with Gasteiger partial charge in [0, 0.05) is 13.2 Å². The molecule has 0 aliphatic heterocycles. The van der Waals surface area contributed by atoms with Crippen molar-refractivity contribution in [2.24, 2.45) is 13.0 Å². The van der Waals surface area contributed by atoms with Crippen molar-refractivity contribution in [1.82, 2.24) is 25.1 Å². The summed E-state index contributed by atoms with van der Waals surface area (Å²) in [7, 11) is 1.94. The molecular formula is C15H18ClN5O. The molecule has 1 atom stereocenters. The summed E-state index contributed by atoms with van der Waals surface area (Å²) >= 11 is 6.07. The van der Waals surface area contributed by atoms with Crippen LogP contribution in [-0.2, 0) is 13.6 Å². The number of aryl methyl sites for hydroxylation is 1. The molecule has 22 heavy (non-hydrogen) atoms. The predicted octanol–water partition coefficient (Wildman–Crippen LogP) is 3.10. The third-order valence-electron chi connectivity index (χ3n) is 3.64. The molecule has 6 nitrogen and oxygen atoms in total. The van der Waals surface area contributed by atoms with Gasteiger partial charge in [0.2, 0.25) is 0 Å². The van der Waals surface area contributed by atoms with Crippen molar-refractivity contribution in [2.75, 3.05) is 0 Å². The van der Waals surface area contributed by atoms with Crippen LogP contribution < -0.4 is 5.32 Å². The normalized spacial score (nSPS) is 13.1. The van der Waals surface area contributed by atoms with Crippen LogP contribution in [0.5, 0.6) is 0 Å². The Hall–Kier alpha value is -1.92. The van der Waals surface area contributed by atoms with Gasteiger partial charge in [-0.05, 0) is 18.1 Å². The highest BCUT2D eigenvalue weighted by atomic mass is 35.5. The average molecular weight is 320 g/mol. The number of halogens is 1. The van der Waals surface area contributed by atoms with Crippen LogP contribution >= 0.6 is 11.6 Å². The van der Waals surface area contributed by atoms with Crippen LogP contribution in [0, 0.1) is 5.92 Å². The van der Waals surface area contributed by atoms with E-state index in [2.05, 4.69) is 34.3 Å². The van der Waals surface area contributed by atoms with Crippen molar-refractivity contribution >= 4 is 22.6 Å². The number of pyridine rings is 1. The molecule has 0 unspecified atom stereocenters. The summed E-state index contributed by atoms with van der Waals surface area (Å²) in [5.74, 6) is 2.10. The van der Waals surface area contributed by atoms with E-state index >= 15 is 0 Å². The number of hydrogen-bond acceptors (Lipinski definition) is 5. The van der Waals surface area contributed by atoms with Gasteiger partial charge in [0.25, 0.3) is 0 Å². The summed E-state index contributed by atoms with van der Waals surface area (Å²) in [4.78, 5) is 4.06. The molecule has 0 saturated heterocycles. The van der Waals surface area contributed by atoms with E-state index in [-0.39, 0.29) is 6.04 Å². The highest BCUT2D eigenvalue weighted by Gasteiger charge is 2.20. The first-order valence-corrected chi connectivity index (χ1v) is 7.54. The summed E-state index contributed by atoms with van der Waals surface area (Å²) < 4.78 is 7.72. The zero-order chi connectivity index (χ0) is 15.7. The van der Waals surface area contributed by atoms with Crippen LogP contribution in [0.2, 0.25) is 5.15 Å². The summed E-state index contributed by atoms with van der Waals surface area (Å²) in [6.45, 7) is 4.87. The lowest BCUT2D eigenvalue weighted by Crippen LogP contribution is -2.27. The molecule has 0 aromatic carbocycles. The number of aromatic nitrogens is 4. The summed E-state index contributed by atoms with van der Waals surface area (Å²) in [6, 6.07) is 3.83. The van der Waals surface area contributed by atoms with Crippen LogP contribution in [0.4, 0.5) is 0 Å². The molecule has 0 amide bonds. The van der Waals surface area contributed by atoms with Crippen molar-refractivity contribution in [3.8, 4) is 0 Å². The number of hydrogen-bond donors (Lipinski definition) is 1. The molecule has 0 radical (unpaired) electrons. The van der Waals surface area contributed by atoms with Gasteiger partial charge in [0.15, 0.2) is 0 Å². The second-order valence-electron chi connectivity index (χ2n) is 5.63.